The van der Waals surface area contributed by atoms with Gasteiger partial charge in [0.05, 0.1) is 18.1 Å². The standard InChI is InChI=1S/C9H14N4O3S/c1-4(10)7(14)13-6(9(15)16)2-5-8(17)12-3-11-5/h3-4,6,17H,2,10H2,1H3,(H,11,12)(H,13,14)(H,15,16)/t4?,6-/m0/s1. The SMILES string of the molecule is CC(N)C(=O)N[C@@H](Cc1[nH]cnc1S)C(=O)O. The van der Waals surface area contributed by atoms with Gasteiger partial charge in [-0.25, -0.2) is 9.78 Å². The van der Waals surface area contributed by atoms with Crippen molar-refractivity contribution in [3.8, 4) is 0 Å². The number of hydrogen-bond donors (Lipinski definition) is 5. The second kappa shape index (κ2) is 5.69. The fourth-order valence-electron chi connectivity index (χ4n) is 1.17. The molecular weight excluding hydrogens is 244 g/mol. The average Bonchev–Trinajstić information content (AvgIpc) is 2.62. The Morgan fingerprint density at radius 1 is 1.71 bits per heavy atom. The van der Waals surface area contributed by atoms with Crippen molar-refractivity contribution in [3.63, 3.8) is 0 Å². The maximum Gasteiger partial charge on any atom is 0.326 e. The van der Waals surface area contributed by atoms with E-state index in [0.29, 0.717) is 10.7 Å². The summed E-state index contributed by atoms with van der Waals surface area (Å²) in [6, 6.07) is -1.81. The number of rotatable bonds is 5. The Morgan fingerprint density at radius 2 is 2.35 bits per heavy atom. The van der Waals surface area contributed by atoms with Crippen molar-refractivity contribution in [1.82, 2.24) is 15.3 Å². The fraction of sp³-hybridized carbons (Fsp3) is 0.444. The third-order valence-electron chi connectivity index (χ3n) is 2.13. The first-order valence-electron chi connectivity index (χ1n) is 4.91. The highest BCUT2D eigenvalue weighted by molar-refractivity contribution is 7.80. The van der Waals surface area contributed by atoms with Crippen molar-refractivity contribution in [3.05, 3.63) is 12.0 Å². The summed E-state index contributed by atoms with van der Waals surface area (Å²) in [4.78, 5) is 28.9. The van der Waals surface area contributed by atoms with Crippen LogP contribution in [-0.2, 0) is 16.0 Å². The summed E-state index contributed by atoms with van der Waals surface area (Å²) in [6.45, 7) is 1.48. The van der Waals surface area contributed by atoms with Crippen molar-refractivity contribution in [2.75, 3.05) is 0 Å². The van der Waals surface area contributed by atoms with E-state index in [1.807, 2.05) is 0 Å². The molecule has 7 nitrogen and oxygen atoms in total. The molecular formula is C9H14N4O3S. The molecule has 1 unspecified atom stereocenters. The number of aromatic nitrogens is 2. The summed E-state index contributed by atoms with van der Waals surface area (Å²) in [5, 5.41) is 11.7. The number of aliphatic carboxylic acids is 1. The number of nitrogens with one attached hydrogen (secondary N) is 2. The Kier molecular flexibility index (Phi) is 4.53. The predicted molar refractivity (Wildman–Crippen MR) is 62.8 cm³/mol. The molecule has 0 aliphatic heterocycles. The molecule has 0 saturated carbocycles. The zero-order chi connectivity index (χ0) is 13.0. The van der Waals surface area contributed by atoms with Gasteiger partial charge in [-0.2, -0.15) is 0 Å². The van der Waals surface area contributed by atoms with Gasteiger partial charge in [0.25, 0.3) is 0 Å². The molecule has 1 aromatic rings. The van der Waals surface area contributed by atoms with Crippen LogP contribution in [0, 0.1) is 0 Å². The van der Waals surface area contributed by atoms with E-state index >= 15 is 0 Å². The molecule has 0 saturated heterocycles. The van der Waals surface area contributed by atoms with Crippen LogP contribution >= 0.6 is 12.6 Å². The molecule has 8 heteroatoms. The highest BCUT2D eigenvalue weighted by Crippen LogP contribution is 2.10. The summed E-state index contributed by atoms with van der Waals surface area (Å²) in [7, 11) is 0. The number of imidazole rings is 1. The number of carbonyl (C=O) groups is 2. The van der Waals surface area contributed by atoms with Crippen molar-refractivity contribution in [2.45, 2.75) is 30.5 Å². The van der Waals surface area contributed by atoms with Gasteiger partial charge in [-0.1, -0.05) is 0 Å². The van der Waals surface area contributed by atoms with E-state index in [4.69, 9.17) is 10.8 Å². The quantitative estimate of drug-likeness (QED) is 0.441. The number of H-pyrrole nitrogens is 1. The maximum absolute atomic E-state index is 11.3. The van der Waals surface area contributed by atoms with E-state index in [1.165, 1.54) is 13.3 Å². The lowest BCUT2D eigenvalue weighted by Gasteiger charge is -2.15. The lowest BCUT2D eigenvalue weighted by atomic mass is 10.1. The molecule has 1 aromatic heterocycles. The smallest absolute Gasteiger partial charge is 0.326 e. The van der Waals surface area contributed by atoms with Gasteiger partial charge in [0.1, 0.15) is 11.1 Å². The Morgan fingerprint density at radius 3 is 2.76 bits per heavy atom. The minimum Gasteiger partial charge on any atom is -0.480 e. The normalized spacial score (nSPS) is 14.1. The first kappa shape index (κ1) is 13.5. The molecule has 2 atom stereocenters. The monoisotopic (exact) mass is 258 g/mol. The number of amides is 1. The van der Waals surface area contributed by atoms with Crippen LogP contribution in [0.1, 0.15) is 12.6 Å². The highest BCUT2D eigenvalue weighted by atomic mass is 32.1. The number of carboxylic acid groups (broad SMARTS) is 1. The molecule has 94 valence electrons. The number of carboxylic acids is 1. The van der Waals surface area contributed by atoms with Crippen molar-refractivity contribution in [1.29, 1.82) is 0 Å². The number of hydrogen-bond acceptors (Lipinski definition) is 5. The third kappa shape index (κ3) is 3.75. The second-order valence-corrected chi connectivity index (χ2v) is 4.02. The van der Waals surface area contributed by atoms with Crippen molar-refractivity contribution in [2.24, 2.45) is 5.73 Å². The third-order valence-corrected chi connectivity index (χ3v) is 2.52. The summed E-state index contributed by atoms with van der Waals surface area (Å²) in [6.07, 6.45) is 1.48. The Hall–Kier alpha value is -1.54. The van der Waals surface area contributed by atoms with Gasteiger partial charge in [0, 0.05) is 6.42 Å². The number of aromatic amines is 1. The minimum atomic E-state index is -1.14. The molecule has 0 radical (unpaired) electrons. The van der Waals surface area contributed by atoms with E-state index < -0.39 is 24.0 Å². The van der Waals surface area contributed by atoms with Gasteiger partial charge in [-0.05, 0) is 6.92 Å². The van der Waals surface area contributed by atoms with E-state index in [-0.39, 0.29) is 6.42 Å². The number of nitrogens with zero attached hydrogens (tertiary/aromatic N) is 1. The first-order valence-corrected chi connectivity index (χ1v) is 5.36. The van der Waals surface area contributed by atoms with E-state index in [1.54, 1.807) is 0 Å². The van der Waals surface area contributed by atoms with Crippen LogP contribution in [0.25, 0.3) is 0 Å². The molecule has 0 aliphatic rings. The first-order chi connectivity index (χ1) is 7.91. The van der Waals surface area contributed by atoms with Crippen molar-refractivity contribution < 1.29 is 14.7 Å². The Bertz CT molecular complexity index is 418. The molecule has 0 fully saturated rings. The number of nitrogens with two attached hydrogens (primary N) is 1. The number of carbonyl (C=O) groups excluding carboxylic acids is 1. The molecule has 1 amide bonds. The van der Waals surface area contributed by atoms with Gasteiger partial charge in [0.2, 0.25) is 5.91 Å². The van der Waals surface area contributed by atoms with Crippen LogP contribution in [0.3, 0.4) is 0 Å². The Balaban J connectivity index is 2.71. The van der Waals surface area contributed by atoms with Gasteiger partial charge >= 0.3 is 5.97 Å². The lowest BCUT2D eigenvalue weighted by molar-refractivity contribution is -0.141. The molecule has 0 spiro atoms. The Labute approximate surface area is 103 Å². The van der Waals surface area contributed by atoms with Gasteiger partial charge in [0.15, 0.2) is 0 Å². The minimum absolute atomic E-state index is 0.0760. The lowest BCUT2D eigenvalue weighted by Crippen LogP contribution is -2.48. The average molecular weight is 258 g/mol. The van der Waals surface area contributed by atoms with Crippen LogP contribution in [0.4, 0.5) is 0 Å². The topological polar surface area (TPSA) is 121 Å². The zero-order valence-electron chi connectivity index (χ0n) is 9.17. The van der Waals surface area contributed by atoms with Crippen molar-refractivity contribution >= 4 is 24.5 Å². The largest absolute Gasteiger partial charge is 0.480 e. The summed E-state index contributed by atoms with van der Waals surface area (Å²) in [5.74, 6) is -1.65. The van der Waals surface area contributed by atoms with Gasteiger partial charge < -0.3 is 21.1 Å². The van der Waals surface area contributed by atoms with Crippen LogP contribution in [-0.4, -0.2) is 39.0 Å². The molecule has 0 aliphatic carbocycles. The summed E-state index contributed by atoms with van der Waals surface area (Å²) in [5.41, 5.74) is 5.89. The fourth-order valence-corrected chi connectivity index (χ4v) is 1.38. The zero-order valence-corrected chi connectivity index (χ0v) is 10.1. The number of thiol groups is 1. The molecule has 5 N–H and O–H groups in total. The highest BCUT2D eigenvalue weighted by Gasteiger charge is 2.23. The van der Waals surface area contributed by atoms with E-state index in [0.717, 1.165) is 0 Å². The van der Waals surface area contributed by atoms with Crippen LogP contribution in [0.2, 0.25) is 0 Å². The molecule has 1 heterocycles. The van der Waals surface area contributed by atoms with Crippen LogP contribution < -0.4 is 11.1 Å². The summed E-state index contributed by atoms with van der Waals surface area (Å²) >= 11 is 4.05. The van der Waals surface area contributed by atoms with E-state index in [2.05, 4.69) is 27.9 Å². The summed E-state index contributed by atoms with van der Waals surface area (Å²) < 4.78 is 0. The predicted octanol–water partition coefficient (Wildman–Crippen LogP) is -0.842. The second-order valence-electron chi connectivity index (χ2n) is 3.60. The molecule has 17 heavy (non-hydrogen) atoms. The molecule has 0 bridgehead atoms. The van der Waals surface area contributed by atoms with Crippen LogP contribution in [0.15, 0.2) is 11.4 Å². The molecule has 0 aromatic carbocycles. The van der Waals surface area contributed by atoms with Crippen LogP contribution in [0.5, 0.6) is 0 Å². The van der Waals surface area contributed by atoms with Gasteiger partial charge in [-0.15, -0.1) is 12.6 Å². The maximum atomic E-state index is 11.3. The van der Waals surface area contributed by atoms with Gasteiger partial charge in [-0.3, -0.25) is 4.79 Å². The van der Waals surface area contributed by atoms with E-state index in [9.17, 15) is 9.59 Å². The molecule has 1 rings (SSSR count).